The van der Waals surface area contributed by atoms with Crippen molar-refractivity contribution in [3.63, 3.8) is 0 Å². The first-order valence-corrected chi connectivity index (χ1v) is 9.51. The summed E-state index contributed by atoms with van der Waals surface area (Å²) >= 11 is 0. The highest BCUT2D eigenvalue weighted by Crippen LogP contribution is 2.33. The van der Waals surface area contributed by atoms with Crippen molar-refractivity contribution in [3.05, 3.63) is 82.7 Å². The number of halogens is 4. The van der Waals surface area contributed by atoms with Crippen molar-refractivity contribution in [2.75, 3.05) is 11.1 Å². The van der Waals surface area contributed by atoms with E-state index in [0.717, 1.165) is 24.3 Å². The molecule has 0 spiro atoms. The van der Waals surface area contributed by atoms with Gasteiger partial charge < -0.3 is 20.9 Å². The fourth-order valence-corrected chi connectivity index (χ4v) is 3.12. The van der Waals surface area contributed by atoms with Crippen LogP contribution in [0.5, 0.6) is 11.5 Å². The lowest BCUT2D eigenvalue weighted by molar-refractivity contribution is -0.137. The average molecular weight is 462 g/mol. The van der Waals surface area contributed by atoms with Crippen LogP contribution >= 0.6 is 0 Å². The van der Waals surface area contributed by atoms with Crippen molar-refractivity contribution in [1.29, 1.82) is 0 Å². The molecule has 6 nitrogen and oxygen atoms in total. The highest BCUT2D eigenvalue weighted by Gasteiger charge is 2.30. The molecule has 4 N–H and O–H groups in total. The third-order valence-corrected chi connectivity index (χ3v) is 4.58. The second kappa shape index (κ2) is 9.19. The Bertz CT molecular complexity index is 1230. The zero-order chi connectivity index (χ0) is 24.3. The zero-order valence-corrected chi connectivity index (χ0v) is 17.2. The van der Waals surface area contributed by atoms with Crippen molar-refractivity contribution in [2.24, 2.45) is 0 Å². The zero-order valence-electron chi connectivity index (χ0n) is 17.2. The van der Waals surface area contributed by atoms with Crippen molar-refractivity contribution < 1.29 is 37.0 Å². The molecule has 1 amide bonds. The molecule has 3 aromatic rings. The Balaban J connectivity index is 1.81. The predicted molar refractivity (Wildman–Crippen MR) is 113 cm³/mol. The van der Waals surface area contributed by atoms with Crippen LogP contribution in [-0.4, -0.2) is 17.0 Å². The van der Waals surface area contributed by atoms with Crippen molar-refractivity contribution in [1.82, 2.24) is 0 Å². The summed E-state index contributed by atoms with van der Waals surface area (Å²) in [5, 5.41) is 11.7. The Morgan fingerprint density at radius 2 is 1.82 bits per heavy atom. The highest BCUT2D eigenvalue weighted by molar-refractivity contribution is 5.93. The number of carbonyl (C=O) groups is 2. The second-order valence-electron chi connectivity index (χ2n) is 7.19. The van der Waals surface area contributed by atoms with Gasteiger partial charge in [-0.2, -0.15) is 13.2 Å². The number of ether oxygens (including phenoxy) is 1. The highest BCUT2D eigenvalue weighted by atomic mass is 19.4. The fourth-order valence-electron chi connectivity index (χ4n) is 3.12. The predicted octanol–water partition coefficient (Wildman–Crippen LogP) is 5.41. The number of benzene rings is 3. The maximum Gasteiger partial charge on any atom is 0.416 e. The number of nitrogens with one attached hydrogen (secondary N) is 1. The monoisotopic (exact) mass is 462 g/mol. The molecule has 3 rings (SSSR count). The van der Waals surface area contributed by atoms with E-state index in [9.17, 15) is 32.3 Å². The molecule has 0 aliphatic rings. The normalized spacial score (nSPS) is 11.2. The Hall–Kier alpha value is -4.08. The summed E-state index contributed by atoms with van der Waals surface area (Å²) in [6.45, 7) is 1.58. The van der Waals surface area contributed by atoms with Crippen LogP contribution < -0.4 is 15.8 Å². The molecule has 0 saturated carbocycles. The first-order valence-electron chi connectivity index (χ1n) is 9.51. The van der Waals surface area contributed by atoms with Crippen LogP contribution in [0.15, 0.2) is 54.6 Å². The Morgan fingerprint density at radius 3 is 2.48 bits per heavy atom. The van der Waals surface area contributed by atoms with Gasteiger partial charge in [-0.1, -0.05) is 18.2 Å². The SMILES string of the molecule is Cc1cc(N)cc(C(=O)O)c1Oc1ccc(F)c(NC(=O)Cc2cccc(C(F)(F)F)c2)c1. The quantitative estimate of drug-likeness (QED) is 0.336. The second-order valence-corrected chi connectivity index (χ2v) is 7.19. The third-order valence-electron chi connectivity index (χ3n) is 4.58. The van der Waals surface area contributed by atoms with Gasteiger partial charge in [0.05, 0.1) is 17.7 Å². The minimum Gasteiger partial charge on any atom is -0.478 e. The van der Waals surface area contributed by atoms with E-state index in [1.807, 2.05) is 0 Å². The van der Waals surface area contributed by atoms with E-state index in [1.54, 1.807) is 6.92 Å². The van der Waals surface area contributed by atoms with E-state index in [2.05, 4.69) is 5.32 Å². The average Bonchev–Trinajstić information content (AvgIpc) is 2.71. The van der Waals surface area contributed by atoms with E-state index in [-0.39, 0.29) is 34.0 Å². The van der Waals surface area contributed by atoms with E-state index in [4.69, 9.17) is 10.5 Å². The standard InChI is InChI=1S/C23H18F4N2O4/c1-12-7-15(28)10-17(22(31)32)21(12)33-16-5-6-18(24)19(11-16)29-20(30)9-13-3-2-4-14(8-13)23(25,26)27/h2-8,10-11H,9,28H2,1H3,(H,29,30)(H,31,32). The molecule has 0 fully saturated rings. The lowest BCUT2D eigenvalue weighted by Gasteiger charge is -2.14. The summed E-state index contributed by atoms with van der Waals surface area (Å²) in [6.07, 6.45) is -4.98. The van der Waals surface area contributed by atoms with Gasteiger partial charge in [0.25, 0.3) is 0 Å². The van der Waals surface area contributed by atoms with Crippen molar-refractivity contribution in [3.8, 4) is 11.5 Å². The molecule has 0 saturated heterocycles. The number of hydrogen-bond acceptors (Lipinski definition) is 4. The number of amides is 1. The Labute approximate surface area is 185 Å². The number of aromatic carboxylic acids is 1. The van der Waals surface area contributed by atoms with Gasteiger partial charge in [0.2, 0.25) is 5.91 Å². The third kappa shape index (κ3) is 5.79. The van der Waals surface area contributed by atoms with Gasteiger partial charge in [-0.25, -0.2) is 9.18 Å². The fraction of sp³-hybridized carbons (Fsp3) is 0.130. The molecule has 0 atom stereocenters. The van der Waals surface area contributed by atoms with E-state index < -0.39 is 35.9 Å². The lowest BCUT2D eigenvalue weighted by atomic mass is 10.1. The molecule has 0 bridgehead atoms. The largest absolute Gasteiger partial charge is 0.478 e. The number of alkyl halides is 3. The van der Waals surface area contributed by atoms with Gasteiger partial charge in [0.15, 0.2) is 0 Å². The maximum atomic E-state index is 14.2. The molecule has 0 unspecified atom stereocenters. The van der Waals surface area contributed by atoms with Crippen molar-refractivity contribution >= 4 is 23.3 Å². The summed E-state index contributed by atoms with van der Waals surface area (Å²) in [4.78, 5) is 23.8. The number of carbonyl (C=O) groups excluding carboxylic acids is 1. The number of rotatable bonds is 6. The number of nitrogens with two attached hydrogens (primary N) is 1. The number of carboxylic acids is 1. The summed E-state index contributed by atoms with van der Waals surface area (Å²) in [5.41, 5.74) is 5.03. The molecular formula is C23H18F4N2O4. The van der Waals surface area contributed by atoms with Crippen LogP contribution in [0.25, 0.3) is 0 Å². The molecule has 172 valence electrons. The van der Waals surface area contributed by atoms with E-state index in [1.165, 1.54) is 30.3 Å². The molecule has 0 aromatic heterocycles. The van der Waals surface area contributed by atoms with Gasteiger partial charge in [-0.3, -0.25) is 4.79 Å². The number of nitrogen functional groups attached to an aromatic ring is 1. The van der Waals surface area contributed by atoms with Gasteiger partial charge in [0.1, 0.15) is 22.9 Å². The molecule has 10 heteroatoms. The molecule has 3 aromatic carbocycles. The number of aryl methyl sites for hydroxylation is 1. The van der Waals surface area contributed by atoms with Gasteiger partial charge in [-0.05, 0) is 48.4 Å². The first kappa shape index (κ1) is 23.6. The van der Waals surface area contributed by atoms with Crippen LogP contribution in [0.2, 0.25) is 0 Å². The topological polar surface area (TPSA) is 102 Å². The Morgan fingerprint density at radius 1 is 1.09 bits per heavy atom. The summed E-state index contributed by atoms with van der Waals surface area (Å²) in [6, 6.07) is 10.3. The van der Waals surface area contributed by atoms with Gasteiger partial charge in [0, 0.05) is 11.8 Å². The first-order chi connectivity index (χ1) is 15.4. The van der Waals surface area contributed by atoms with Crippen LogP contribution in [0.3, 0.4) is 0 Å². The number of hydrogen-bond donors (Lipinski definition) is 3. The minimum absolute atomic E-state index is 0.00968. The molecule has 33 heavy (non-hydrogen) atoms. The smallest absolute Gasteiger partial charge is 0.416 e. The molecule has 0 radical (unpaired) electrons. The minimum atomic E-state index is -4.56. The maximum absolute atomic E-state index is 14.2. The Kier molecular flexibility index (Phi) is 6.57. The molecular weight excluding hydrogens is 444 g/mol. The van der Waals surface area contributed by atoms with Crippen LogP contribution in [0.1, 0.15) is 27.0 Å². The van der Waals surface area contributed by atoms with Gasteiger partial charge in [-0.15, -0.1) is 0 Å². The van der Waals surface area contributed by atoms with Crippen LogP contribution in [0, 0.1) is 12.7 Å². The summed E-state index contributed by atoms with van der Waals surface area (Å²) < 4.78 is 58.4. The number of anilines is 2. The number of carboxylic acid groups (broad SMARTS) is 1. The lowest BCUT2D eigenvalue weighted by Crippen LogP contribution is -2.16. The van der Waals surface area contributed by atoms with E-state index in [0.29, 0.717) is 5.56 Å². The van der Waals surface area contributed by atoms with E-state index >= 15 is 0 Å². The van der Waals surface area contributed by atoms with Crippen LogP contribution in [0.4, 0.5) is 28.9 Å². The van der Waals surface area contributed by atoms with Crippen LogP contribution in [-0.2, 0) is 17.4 Å². The summed E-state index contributed by atoms with van der Waals surface area (Å²) in [5.74, 6) is -2.82. The summed E-state index contributed by atoms with van der Waals surface area (Å²) in [7, 11) is 0. The van der Waals surface area contributed by atoms with Gasteiger partial charge >= 0.3 is 12.1 Å². The van der Waals surface area contributed by atoms with Crippen molar-refractivity contribution in [2.45, 2.75) is 19.5 Å². The molecule has 0 aliphatic carbocycles. The molecule has 0 aliphatic heterocycles. The molecule has 0 heterocycles.